The minimum absolute atomic E-state index is 0.0950. The van der Waals surface area contributed by atoms with Crippen LogP contribution in [0.2, 0.25) is 0 Å². The lowest BCUT2D eigenvalue weighted by molar-refractivity contribution is 0.122. The number of nitrogens with zero attached hydrogens (tertiary/aromatic N) is 2. The highest BCUT2D eigenvalue weighted by Crippen LogP contribution is 2.05. The fourth-order valence-corrected chi connectivity index (χ4v) is 2.29. The first kappa shape index (κ1) is 16.1. The molecule has 1 aromatic heterocycles. The Hall–Kier alpha value is -0.960. The van der Waals surface area contributed by atoms with Crippen LogP contribution in [0.3, 0.4) is 0 Å². The largest absolute Gasteiger partial charge is 0.379 e. The van der Waals surface area contributed by atoms with Gasteiger partial charge in [0.05, 0.1) is 19.4 Å². The summed E-state index contributed by atoms with van der Waals surface area (Å²) in [4.78, 5) is 8.73. The Morgan fingerprint density at radius 2 is 2.16 bits per heavy atom. The van der Waals surface area contributed by atoms with E-state index in [1.54, 1.807) is 0 Å². The van der Waals surface area contributed by atoms with E-state index in [1.807, 2.05) is 25.9 Å². The number of ether oxygens (including phenoxy) is 1. The smallest absolute Gasteiger partial charge is 0.257 e. The van der Waals surface area contributed by atoms with Crippen molar-refractivity contribution in [1.29, 1.82) is 0 Å². The number of rotatable bonds is 9. The molecule has 0 amide bonds. The molecule has 0 spiro atoms. The Balaban J connectivity index is 2.31. The first-order chi connectivity index (χ1) is 8.95. The molecule has 0 atom stereocenters. The number of imidazole rings is 1. The van der Waals surface area contributed by atoms with Crippen LogP contribution in [0.25, 0.3) is 0 Å². The molecule has 0 aliphatic heterocycles. The van der Waals surface area contributed by atoms with E-state index >= 15 is 0 Å². The van der Waals surface area contributed by atoms with Gasteiger partial charge in [0, 0.05) is 19.5 Å². The first-order valence-corrected chi connectivity index (χ1v) is 7.70. The van der Waals surface area contributed by atoms with Gasteiger partial charge in [-0.3, -0.25) is 0 Å². The van der Waals surface area contributed by atoms with Gasteiger partial charge in [-0.2, -0.15) is 0 Å². The van der Waals surface area contributed by atoms with E-state index in [0.717, 1.165) is 6.54 Å². The van der Waals surface area contributed by atoms with Gasteiger partial charge >= 0.3 is 0 Å². The van der Waals surface area contributed by atoms with Gasteiger partial charge in [-0.15, -0.1) is 0 Å². The minimum Gasteiger partial charge on any atom is -0.379 e. The van der Waals surface area contributed by atoms with E-state index in [4.69, 9.17) is 4.74 Å². The molecule has 1 aromatic rings. The van der Waals surface area contributed by atoms with Crippen LogP contribution in [0.4, 0.5) is 0 Å². The second-order valence-corrected chi connectivity index (χ2v) is 6.10. The van der Waals surface area contributed by atoms with E-state index in [1.165, 1.54) is 6.20 Å². The molecular formula is C11H22N4O3S. The molecule has 1 rings (SSSR count). The van der Waals surface area contributed by atoms with Crippen molar-refractivity contribution in [1.82, 2.24) is 19.6 Å². The van der Waals surface area contributed by atoms with Gasteiger partial charge in [-0.25, -0.2) is 18.1 Å². The highest BCUT2D eigenvalue weighted by molar-refractivity contribution is 7.89. The zero-order valence-electron chi connectivity index (χ0n) is 11.6. The van der Waals surface area contributed by atoms with Gasteiger partial charge in [-0.1, -0.05) is 6.92 Å². The molecule has 0 unspecified atom stereocenters. The van der Waals surface area contributed by atoms with Crippen molar-refractivity contribution in [2.24, 2.45) is 0 Å². The highest BCUT2D eigenvalue weighted by Gasteiger charge is 2.15. The van der Waals surface area contributed by atoms with Crippen molar-refractivity contribution in [3.63, 3.8) is 0 Å². The standard InChI is InChI=1S/C11H22N4O3S/c1-4-10-12-9-11(14-10)19(16,17)13-5-7-18-8-6-15(2)3/h9,13H,4-8H2,1-3H3,(H,12,14). The molecule has 0 radical (unpaired) electrons. The minimum atomic E-state index is -3.51. The third kappa shape index (κ3) is 5.68. The van der Waals surface area contributed by atoms with Crippen molar-refractivity contribution in [3.8, 4) is 0 Å². The number of aromatic amines is 1. The lowest BCUT2D eigenvalue weighted by Crippen LogP contribution is -2.28. The van der Waals surface area contributed by atoms with Gasteiger partial charge in [0.25, 0.3) is 10.0 Å². The average molecular weight is 290 g/mol. The van der Waals surface area contributed by atoms with E-state index in [-0.39, 0.29) is 11.6 Å². The Kier molecular flexibility index (Phi) is 6.43. The average Bonchev–Trinajstić information content (AvgIpc) is 2.82. The molecule has 2 N–H and O–H groups in total. The van der Waals surface area contributed by atoms with E-state index in [0.29, 0.717) is 25.5 Å². The van der Waals surface area contributed by atoms with Crippen molar-refractivity contribution in [2.75, 3.05) is 40.4 Å². The predicted octanol–water partition coefficient (Wildman–Crippen LogP) is -0.171. The van der Waals surface area contributed by atoms with Crippen molar-refractivity contribution >= 4 is 10.0 Å². The summed E-state index contributed by atoms with van der Waals surface area (Å²) in [5.74, 6) is 0.655. The van der Waals surface area contributed by atoms with Crippen molar-refractivity contribution in [2.45, 2.75) is 18.4 Å². The molecule has 0 fully saturated rings. The van der Waals surface area contributed by atoms with Crippen LogP contribution in [-0.2, 0) is 21.2 Å². The van der Waals surface area contributed by atoms with Crippen molar-refractivity contribution in [3.05, 3.63) is 12.0 Å². The number of likely N-dealkylation sites (N-methyl/N-ethyl adjacent to an activating group) is 1. The maximum atomic E-state index is 11.9. The van der Waals surface area contributed by atoms with Gasteiger partial charge in [-0.05, 0) is 14.1 Å². The molecular weight excluding hydrogens is 268 g/mol. The second kappa shape index (κ2) is 7.59. The van der Waals surface area contributed by atoms with Gasteiger partial charge < -0.3 is 14.6 Å². The number of aromatic nitrogens is 2. The molecule has 19 heavy (non-hydrogen) atoms. The molecule has 0 aliphatic carbocycles. The molecule has 0 bridgehead atoms. The first-order valence-electron chi connectivity index (χ1n) is 6.21. The summed E-state index contributed by atoms with van der Waals surface area (Å²) in [5.41, 5.74) is 0. The zero-order valence-corrected chi connectivity index (χ0v) is 12.5. The number of sulfonamides is 1. The molecule has 0 saturated carbocycles. The molecule has 8 heteroatoms. The Morgan fingerprint density at radius 3 is 2.74 bits per heavy atom. The van der Waals surface area contributed by atoms with Crippen LogP contribution in [0.5, 0.6) is 0 Å². The Bertz CT molecular complexity index is 470. The fourth-order valence-electron chi connectivity index (χ4n) is 1.33. The number of aryl methyl sites for hydroxylation is 1. The van der Waals surface area contributed by atoms with Crippen LogP contribution in [0, 0.1) is 0 Å². The summed E-state index contributed by atoms with van der Waals surface area (Å²) in [6.45, 7) is 3.89. The van der Waals surface area contributed by atoms with E-state index in [9.17, 15) is 8.42 Å². The monoisotopic (exact) mass is 290 g/mol. The van der Waals surface area contributed by atoms with E-state index < -0.39 is 10.0 Å². The second-order valence-electron chi connectivity index (χ2n) is 4.36. The maximum absolute atomic E-state index is 11.9. The Morgan fingerprint density at radius 1 is 1.42 bits per heavy atom. The third-order valence-corrected chi connectivity index (χ3v) is 3.82. The number of H-pyrrole nitrogens is 1. The van der Waals surface area contributed by atoms with Crippen LogP contribution >= 0.6 is 0 Å². The number of hydrogen-bond donors (Lipinski definition) is 2. The summed E-state index contributed by atoms with van der Waals surface area (Å²) in [5, 5.41) is 0.0950. The number of hydrogen-bond acceptors (Lipinski definition) is 5. The molecule has 0 aliphatic rings. The van der Waals surface area contributed by atoms with E-state index in [2.05, 4.69) is 14.7 Å². The SMILES string of the molecule is CCc1ncc(S(=O)(=O)NCCOCCN(C)C)[nH]1. The topological polar surface area (TPSA) is 87.3 Å². The molecule has 0 aromatic carbocycles. The van der Waals surface area contributed by atoms with Gasteiger partial charge in [0.2, 0.25) is 0 Å². The summed E-state index contributed by atoms with van der Waals surface area (Å²) in [6.07, 6.45) is 2.00. The summed E-state index contributed by atoms with van der Waals surface area (Å²) in [7, 11) is 0.396. The van der Waals surface area contributed by atoms with Gasteiger partial charge in [0.1, 0.15) is 5.82 Å². The van der Waals surface area contributed by atoms with Crippen LogP contribution in [0.1, 0.15) is 12.7 Å². The molecule has 0 saturated heterocycles. The summed E-state index contributed by atoms with van der Waals surface area (Å²) < 4.78 is 31.5. The molecule has 110 valence electrons. The predicted molar refractivity (Wildman–Crippen MR) is 72.5 cm³/mol. The highest BCUT2D eigenvalue weighted by atomic mass is 32.2. The molecule has 7 nitrogen and oxygen atoms in total. The van der Waals surface area contributed by atoms with Crippen LogP contribution in [-0.4, -0.2) is 63.7 Å². The van der Waals surface area contributed by atoms with Gasteiger partial charge in [0.15, 0.2) is 5.03 Å². The summed E-state index contributed by atoms with van der Waals surface area (Å²) in [6, 6.07) is 0. The maximum Gasteiger partial charge on any atom is 0.257 e. The Labute approximate surface area is 114 Å². The van der Waals surface area contributed by atoms with Crippen LogP contribution in [0.15, 0.2) is 11.2 Å². The number of nitrogens with one attached hydrogen (secondary N) is 2. The van der Waals surface area contributed by atoms with Crippen LogP contribution < -0.4 is 4.72 Å². The third-order valence-electron chi connectivity index (χ3n) is 2.45. The quantitative estimate of drug-likeness (QED) is 0.617. The zero-order chi connectivity index (χ0) is 14.3. The molecule has 1 heterocycles. The lowest BCUT2D eigenvalue weighted by atomic mass is 10.5. The fraction of sp³-hybridized carbons (Fsp3) is 0.727. The summed E-state index contributed by atoms with van der Waals surface area (Å²) >= 11 is 0. The lowest BCUT2D eigenvalue weighted by Gasteiger charge is -2.10. The van der Waals surface area contributed by atoms with Crippen molar-refractivity contribution < 1.29 is 13.2 Å². The normalized spacial score (nSPS) is 12.2.